The highest BCUT2D eigenvalue weighted by Gasteiger charge is 2.12. The first-order valence-electron chi connectivity index (χ1n) is 5.89. The summed E-state index contributed by atoms with van der Waals surface area (Å²) >= 11 is 1.56. The molecule has 1 aromatic carbocycles. The van der Waals surface area contributed by atoms with Crippen molar-refractivity contribution in [2.45, 2.75) is 20.4 Å². The molecule has 19 heavy (non-hydrogen) atoms. The Morgan fingerprint density at radius 3 is 2.74 bits per heavy atom. The SMILES string of the molecule is CC(=O)c1ccc(N(C)Cc2scnc2C)c(F)c1. The minimum Gasteiger partial charge on any atom is -0.367 e. The number of hydrogen-bond donors (Lipinski definition) is 0. The standard InChI is InChI=1S/C14H15FN2OS/c1-9-14(19-8-16-9)7-17(3)13-5-4-11(10(2)18)6-12(13)15/h4-6,8H,7H2,1-3H3. The van der Waals surface area contributed by atoms with E-state index in [1.807, 2.05) is 18.9 Å². The molecule has 0 aliphatic heterocycles. The Bertz CT molecular complexity index is 609. The molecule has 0 amide bonds. The van der Waals surface area contributed by atoms with Gasteiger partial charge in [0, 0.05) is 17.5 Å². The topological polar surface area (TPSA) is 33.2 Å². The fourth-order valence-corrected chi connectivity index (χ4v) is 2.64. The second kappa shape index (κ2) is 5.48. The number of ketones is 1. The van der Waals surface area contributed by atoms with Crippen LogP contribution in [0.1, 0.15) is 27.9 Å². The van der Waals surface area contributed by atoms with Crippen molar-refractivity contribution in [3.8, 4) is 0 Å². The van der Waals surface area contributed by atoms with Crippen LogP contribution in [-0.2, 0) is 6.54 Å². The lowest BCUT2D eigenvalue weighted by atomic mass is 10.1. The number of benzene rings is 1. The summed E-state index contributed by atoms with van der Waals surface area (Å²) in [4.78, 5) is 18.3. The van der Waals surface area contributed by atoms with Crippen LogP contribution in [-0.4, -0.2) is 17.8 Å². The van der Waals surface area contributed by atoms with E-state index >= 15 is 0 Å². The summed E-state index contributed by atoms with van der Waals surface area (Å²) in [6, 6.07) is 4.58. The van der Waals surface area contributed by atoms with Gasteiger partial charge in [0.15, 0.2) is 5.78 Å². The van der Waals surface area contributed by atoms with Gasteiger partial charge in [0.05, 0.1) is 23.4 Å². The van der Waals surface area contributed by atoms with Crippen LogP contribution in [0.15, 0.2) is 23.7 Å². The summed E-state index contributed by atoms with van der Waals surface area (Å²) in [5.41, 5.74) is 3.63. The minimum absolute atomic E-state index is 0.133. The third-order valence-electron chi connectivity index (χ3n) is 2.99. The Labute approximate surface area is 115 Å². The van der Waals surface area contributed by atoms with Gasteiger partial charge in [-0.1, -0.05) is 0 Å². The molecule has 0 unspecified atom stereocenters. The van der Waals surface area contributed by atoms with Crippen molar-refractivity contribution >= 4 is 22.8 Å². The van der Waals surface area contributed by atoms with Gasteiger partial charge in [-0.05, 0) is 32.0 Å². The van der Waals surface area contributed by atoms with Crippen molar-refractivity contribution in [3.05, 3.63) is 45.7 Å². The van der Waals surface area contributed by atoms with E-state index in [2.05, 4.69) is 4.98 Å². The van der Waals surface area contributed by atoms with E-state index in [9.17, 15) is 9.18 Å². The van der Waals surface area contributed by atoms with E-state index in [1.165, 1.54) is 13.0 Å². The summed E-state index contributed by atoms with van der Waals surface area (Å²) in [6.07, 6.45) is 0. The zero-order chi connectivity index (χ0) is 14.0. The van der Waals surface area contributed by atoms with Gasteiger partial charge in [0.25, 0.3) is 0 Å². The monoisotopic (exact) mass is 278 g/mol. The molecule has 5 heteroatoms. The Morgan fingerprint density at radius 1 is 1.47 bits per heavy atom. The van der Waals surface area contributed by atoms with Gasteiger partial charge in [0.1, 0.15) is 5.82 Å². The number of carbonyl (C=O) groups excluding carboxylic acids is 1. The number of halogens is 1. The van der Waals surface area contributed by atoms with E-state index in [0.717, 1.165) is 10.6 Å². The number of nitrogens with zero attached hydrogens (tertiary/aromatic N) is 2. The van der Waals surface area contributed by atoms with Crippen LogP contribution in [0.4, 0.5) is 10.1 Å². The average molecular weight is 278 g/mol. The van der Waals surface area contributed by atoms with Crippen LogP contribution < -0.4 is 4.90 Å². The third-order valence-corrected chi connectivity index (χ3v) is 3.91. The first-order chi connectivity index (χ1) is 8.99. The molecule has 1 aromatic heterocycles. The average Bonchev–Trinajstić information content (AvgIpc) is 2.74. The first kappa shape index (κ1) is 13.7. The van der Waals surface area contributed by atoms with Crippen LogP contribution in [0.3, 0.4) is 0 Å². The fourth-order valence-electron chi connectivity index (χ4n) is 1.81. The smallest absolute Gasteiger partial charge is 0.159 e. The highest BCUT2D eigenvalue weighted by atomic mass is 32.1. The molecule has 0 aliphatic carbocycles. The lowest BCUT2D eigenvalue weighted by Gasteiger charge is -2.19. The Kier molecular flexibility index (Phi) is 3.95. The summed E-state index contributed by atoms with van der Waals surface area (Å²) in [5.74, 6) is -0.510. The molecule has 0 N–H and O–H groups in total. The molecule has 2 rings (SSSR count). The highest BCUT2D eigenvalue weighted by Crippen LogP contribution is 2.23. The molecular weight excluding hydrogens is 263 g/mol. The van der Waals surface area contributed by atoms with Crippen molar-refractivity contribution in [2.24, 2.45) is 0 Å². The van der Waals surface area contributed by atoms with Gasteiger partial charge in [-0.3, -0.25) is 4.79 Å². The molecule has 3 nitrogen and oxygen atoms in total. The zero-order valence-corrected chi connectivity index (χ0v) is 11.9. The van der Waals surface area contributed by atoms with Gasteiger partial charge >= 0.3 is 0 Å². The van der Waals surface area contributed by atoms with Crippen molar-refractivity contribution < 1.29 is 9.18 Å². The quantitative estimate of drug-likeness (QED) is 0.803. The van der Waals surface area contributed by atoms with Crippen LogP contribution >= 0.6 is 11.3 Å². The number of aromatic nitrogens is 1. The maximum Gasteiger partial charge on any atom is 0.159 e. The fraction of sp³-hybridized carbons (Fsp3) is 0.286. The summed E-state index contributed by atoms with van der Waals surface area (Å²) < 4.78 is 14.0. The van der Waals surface area contributed by atoms with Gasteiger partial charge in [-0.2, -0.15) is 0 Å². The normalized spacial score (nSPS) is 10.5. The Hall–Kier alpha value is -1.75. The van der Waals surface area contributed by atoms with Crippen LogP contribution in [0, 0.1) is 12.7 Å². The Balaban J connectivity index is 2.22. The van der Waals surface area contributed by atoms with Crippen molar-refractivity contribution in [1.82, 2.24) is 4.98 Å². The molecule has 100 valence electrons. The van der Waals surface area contributed by atoms with Crippen LogP contribution in [0.5, 0.6) is 0 Å². The molecule has 0 fully saturated rings. The molecule has 0 bridgehead atoms. The van der Waals surface area contributed by atoms with E-state index in [1.54, 1.807) is 29.0 Å². The van der Waals surface area contributed by atoms with Crippen molar-refractivity contribution in [3.63, 3.8) is 0 Å². The van der Waals surface area contributed by atoms with Gasteiger partial charge in [0.2, 0.25) is 0 Å². The highest BCUT2D eigenvalue weighted by molar-refractivity contribution is 7.09. The molecule has 0 radical (unpaired) electrons. The second-order valence-corrected chi connectivity index (χ2v) is 5.38. The molecule has 0 saturated carbocycles. The molecule has 0 aliphatic rings. The van der Waals surface area contributed by atoms with Crippen LogP contribution in [0.25, 0.3) is 0 Å². The summed E-state index contributed by atoms with van der Waals surface area (Å²) in [6.45, 7) is 3.97. The largest absolute Gasteiger partial charge is 0.367 e. The summed E-state index contributed by atoms with van der Waals surface area (Å²) in [7, 11) is 1.82. The molecule has 0 spiro atoms. The number of anilines is 1. The Morgan fingerprint density at radius 2 is 2.21 bits per heavy atom. The third kappa shape index (κ3) is 2.98. The lowest BCUT2D eigenvalue weighted by Crippen LogP contribution is -2.17. The number of aryl methyl sites for hydroxylation is 1. The van der Waals surface area contributed by atoms with Crippen molar-refractivity contribution in [1.29, 1.82) is 0 Å². The van der Waals surface area contributed by atoms with E-state index < -0.39 is 0 Å². The van der Waals surface area contributed by atoms with Gasteiger partial charge in [-0.15, -0.1) is 11.3 Å². The number of Topliss-reactive ketones (excluding diaryl/α,β-unsaturated/α-hetero) is 1. The molecule has 0 atom stereocenters. The molecule has 1 heterocycles. The van der Waals surface area contributed by atoms with Gasteiger partial charge in [-0.25, -0.2) is 9.37 Å². The van der Waals surface area contributed by atoms with E-state index in [4.69, 9.17) is 0 Å². The van der Waals surface area contributed by atoms with Gasteiger partial charge < -0.3 is 4.90 Å². The molecular formula is C14H15FN2OS. The van der Waals surface area contributed by atoms with E-state index in [0.29, 0.717) is 17.8 Å². The van der Waals surface area contributed by atoms with E-state index in [-0.39, 0.29) is 11.6 Å². The van der Waals surface area contributed by atoms with Crippen molar-refractivity contribution in [2.75, 3.05) is 11.9 Å². The predicted octanol–water partition coefficient (Wildman–Crippen LogP) is 3.43. The number of thiazole rings is 1. The number of carbonyl (C=O) groups is 1. The molecule has 0 saturated heterocycles. The minimum atomic E-state index is -0.377. The lowest BCUT2D eigenvalue weighted by molar-refractivity contribution is 0.101. The zero-order valence-electron chi connectivity index (χ0n) is 11.1. The summed E-state index contributed by atoms with van der Waals surface area (Å²) in [5, 5.41) is 0. The second-order valence-electron chi connectivity index (χ2n) is 4.44. The molecule has 2 aromatic rings. The number of rotatable bonds is 4. The maximum atomic E-state index is 14.0. The first-order valence-corrected chi connectivity index (χ1v) is 6.77. The predicted molar refractivity (Wildman–Crippen MR) is 75.4 cm³/mol. The number of hydrogen-bond acceptors (Lipinski definition) is 4. The van der Waals surface area contributed by atoms with Crippen LogP contribution in [0.2, 0.25) is 0 Å². The maximum absolute atomic E-state index is 14.0.